The number of para-hydroxylation sites is 1. The van der Waals surface area contributed by atoms with E-state index in [0.29, 0.717) is 22.9 Å². The molecule has 4 rings (SSSR count). The number of anilines is 2. The minimum Gasteiger partial charge on any atom is -0.456 e. The fourth-order valence-electron chi connectivity index (χ4n) is 2.70. The number of hydrogen-bond acceptors (Lipinski definition) is 8. The van der Waals surface area contributed by atoms with Crippen LogP contribution >= 0.6 is 0 Å². The van der Waals surface area contributed by atoms with Crippen LogP contribution in [0.25, 0.3) is 0 Å². The molecule has 0 aromatic heterocycles. The number of sulfonamides is 1. The number of fused-ring (bicyclic) bond motifs is 1. The van der Waals surface area contributed by atoms with Gasteiger partial charge in [-0.2, -0.15) is 0 Å². The molecule has 0 saturated carbocycles. The molecule has 3 aromatic rings. The van der Waals surface area contributed by atoms with Crippen LogP contribution in [0.3, 0.4) is 0 Å². The molecule has 0 bridgehead atoms. The molecular formula is C19H16N2O7S. The van der Waals surface area contributed by atoms with Gasteiger partial charge in [-0.1, -0.05) is 12.1 Å². The van der Waals surface area contributed by atoms with Crippen molar-refractivity contribution in [1.82, 2.24) is 0 Å². The molecular weight excluding hydrogens is 400 g/mol. The zero-order valence-electron chi connectivity index (χ0n) is 14.8. The lowest BCUT2D eigenvalue weighted by atomic mass is 10.3. The molecule has 0 radical (unpaired) electrons. The molecule has 0 amide bonds. The van der Waals surface area contributed by atoms with Crippen LogP contribution in [0, 0.1) is 0 Å². The second-order valence-electron chi connectivity index (χ2n) is 6.01. The van der Waals surface area contributed by atoms with E-state index in [9.17, 15) is 8.42 Å². The number of nitrogens with one attached hydrogen (secondary N) is 1. The van der Waals surface area contributed by atoms with Crippen molar-refractivity contribution in [2.75, 3.05) is 16.7 Å². The fraction of sp³-hybridized carbons (Fsp3) is 0.0526. The first-order valence-electron chi connectivity index (χ1n) is 8.40. The lowest BCUT2D eigenvalue weighted by Crippen LogP contribution is -2.14. The molecule has 1 aliphatic heterocycles. The Morgan fingerprint density at radius 1 is 0.931 bits per heavy atom. The summed E-state index contributed by atoms with van der Waals surface area (Å²) in [5.74, 6) is 1.43. The quantitative estimate of drug-likeness (QED) is 0.522. The summed E-state index contributed by atoms with van der Waals surface area (Å²) in [5.41, 5.74) is 0.446. The standard InChI is InChI=1S/C19H16N2O7S/c22-21(23)14-6-8-15(9-7-14)28-17-3-1-2-4-19(17)29(24,25)20-13-5-10-16-18(11-13)27-12-26-16/h1-11,20,22-23H,12H2. The van der Waals surface area contributed by atoms with Gasteiger partial charge in [0, 0.05) is 6.07 Å². The third-order valence-electron chi connectivity index (χ3n) is 4.06. The molecule has 0 unspecified atom stereocenters. The Kier molecular flexibility index (Phi) is 4.89. The van der Waals surface area contributed by atoms with Crippen molar-refractivity contribution in [3.05, 3.63) is 66.7 Å². The van der Waals surface area contributed by atoms with Crippen LogP contribution in [0.15, 0.2) is 71.6 Å². The molecule has 0 atom stereocenters. The number of ether oxygens (including phenoxy) is 3. The highest BCUT2D eigenvalue weighted by molar-refractivity contribution is 7.92. The van der Waals surface area contributed by atoms with E-state index in [1.54, 1.807) is 24.3 Å². The smallest absolute Gasteiger partial charge is 0.265 e. The lowest BCUT2D eigenvalue weighted by molar-refractivity contribution is 0.0291. The normalized spacial score (nSPS) is 12.5. The summed E-state index contributed by atoms with van der Waals surface area (Å²) in [4.78, 5) is -0.0623. The van der Waals surface area contributed by atoms with Gasteiger partial charge < -0.3 is 14.2 Å². The Hall–Kier alpha value is -3.47. The van der Waals surface area contributed by atoms with Crippen molar-refractivity contribution in [1.29, 1.82) is 0 Å². The number of rotatable bonds is 6. The van der Waals surface area contributed by atoms with Crippen LogP contribution < -0.4 is 24.2 Å². The summed E-state index contributed by atoms with van der Waals surface area (Å²) in [6, 6.07) is 16.7. The Morgan fingerprint density at radius 2 is 1.66 bits per heavy atom. The number of hydrogen-bond donors (Lipinski definition) is 3. The molecule has 150 valence electrons. The summed E-state index contributed by atoms with van der Waals surface area (Å²) >= 11 is 0. The topological polar surface area (TPSA) is 118 Å². The van der Waals surface area contributed by atoms with Crippen LogP contribution in [-0.4, -0.2) is 25.6 Å². The molecule has 0 saturated heterocycles. The molecule has 0 aliphatic carbocycles. The molecule has 29 heavy (non-hydrogen) atoms. The molecule has 10 heteroatoms. The van der Waals surface area contributed by atoms with E-state index in [2.05, 4.69) is 4.72 Å². The van der Waals surface area contributed by atoms with Crippen LogP contribution in [0.5, 0.6) is 23.0 Å². The maximum absolute atomic E-state index is 12.9. The highest BCUT2D eigenvalue weighted by Crippen LogP contribution is 2.36. The molecule has 1 aliphatic rings. The van der Waals surface area contributed by atoms with Gasteiger partial charge in [0.1, 0.15) is 16.4 Å². The first kappa shape index (κ1) is 18.9. The fourth-order valence-corrected chi connectivity index (χ4v) is 3.88. The molecule has 9 nitrogen and oxygen atoms in total. The monoisotopic (exact) mass is 416 g/mol. The van der Waals surface area contributed by atoms with Crippen molar-refractivity contribution in [3.8, 4) is 23.0 Å². The zero-order chi connectivity index (χ0) is 20.4. The van der Waals surface area contributed by atoms with Gasteiger partial charge in [-0.3, -0.25) is 15.1 Å². The SMILES string of the molecule is O=S(=O)(Nc1ccc2c(c1)OCO2)c1ccccc1Oc1ccc(N(O)O)cc1. The first-order chi connectivity index (χ1) is 13.9. The maximum Gasteiger partial charge on any atom is 0.265 e. The average molecular weight is 416 g/mol. The van der Waals surface area contributed by atoms with Gasteiger partial charge in [0.05, 0.1) is 11.4 Å². The van der Waals surface area contributed by atoms with Crippen molar-refractivity contribution in [3.63, 3.8) is 0 Å². The summed E-state index contributed by atoms with van der Waals surface area (Å²) < 4.78 is 44.5. The number of benzene rings is 3. The van der Waals surface area contributed by atoms with Crippen molar-refractivity contribution in [2.45, 2.75) is 4.90 Å². The summed E-state index contributed by atoms with van der Waals surface area (Å²) in [5, 5.41) is 18.0. The maximum atomic E-state index is 12.9. The average Bonchev–Trinajstić information content (AvgIpc) is 3.16. The van der Waals surface area contributed by atoms with Crippen molar-refractivity contribution < 1.29 is 33.0 Å². The van der Waals surface area contributed by atoms with E-state index < -0.39 is 10.0 Å². The minimum absolute atomic E-state index is 0.0303. The van der Waals surface area contributed by atoms with Crippen LogP contribution in [0.1, 0.15) is 0 Å². The van der Waals surface area contributed by atoms with E-state index in [1.165, 1.54) is 42.5 Å². The summed E-state index contributed by atoms with van der Waals surface area (Å²) in [6.07, 6.45) is 0. The molecule has 0 spiro atoms. The van der Waals surface area contributed by atoms with Gasteiger partial charge >= 0.3 is 0 Å². The first-order valence-corrected chi connectivity index (χ1v) is 9.88. The highest BCUT2D eigenvalue weighted by Gasteiger charge is 2.22. The van der Waals surface area contributed by atoms with Crippen molar-refractivity contribution in [2.24, 2.45) is 0 Å². The van der Waals surface area contributed by atoms with Gasteiger partial charge in [0.15, 0.2) is 11.5 Å². The predicted octanol–water partition coefficient (Wildman–Crippen LogP) is 3.59. The third-order valence-corrected chi connectivity index (χ3v) is 5.48. The minimum atomic E-state index is -3.96. The number of nitrogens with zero attached hydrogens (tertiary/aromatic N) is 1. The molecule has 3 N–H and O–H groups in total. The van der Waals surface area contributed by atoms with Gasteiger partial charge in [0.2, 0.25) is 6.79 Å². The Balaban J connectivity index is 1.59. The van der Waals surface area contributed by atoms with E-state index in [-0.39, 0.29) is 28.4 Å². The van der Waals surface area contributed by atoms with Gasteiger partial charge in [-0.25, -0.2) is 8.42 Å². The molecule has 1 heterocycles. The highest BCUT2D eigenvalue weighted by atomic mass is 32.2. The third kappa shape index (κ3) is 4.04. The molecule has 0 fully saturated rings. The van der Waals surface area contributed by atoms with E-state index in [0.717, 1.165) is 0 Å². The van der Waals surface area contributed by atoms with Crippen LogP contribution in [-0.2, 0) is 10.0 Å². The van der Waals surface area contributed by atoms with Crippen LogP contribution in [0.4, 0.5) is 11.4 Å². The van der Waals surface area contributed by atoms with E-state index >= 15 is 0 Å². The zero-order valence-corrected chi connectivity index (χ0v) is 15.7. The van der Waals surface area contributed by atoms with E-state index in [1.807, 2.05) is 0 Å². The predicted molar refractivity (Wildman–Crippen MR) is 102 cm³/mol. The summed E-state index contributed by atoms with van der Waals surface area (Å²) in [6.45, 7) is 0.0886. The van der Waals surface area contributed by atoms with E-state index in [4.69, 9.17) is 24.6 Å². The van der Waals surface area contributed by atoms with Crippen LogP contribution in [0.2, 0.25) is 0 Å². The van der Waals surface area contributed by atoms with Gasteiger partial charge in [0.25, 0.3) is 10.0 Å². The largest absolute Gasteiger partial charge is 0.456 e. The Morgan fingerprint density at radius 3 is 2.41 bits per heavy atom. The lowest BCUT2D eigenvalue weighted by Gasteiger charge is -2.14. The second kappa shape index (κ2) is 7.51. The Bertz CT molecular complexity index is 1130. The van der Waals surface area contributed by atoms with Crippen molar-refractivity contribution >= 4 is 21.4 Å². The molecule has 3 aromatic carbocycles. The Labute approximate surface area is 166 Å². The van der Waals surface area contributed by atoms with Gasteiger partial charge in [-0.05, 0) is 48.5 Å². The summed E-state index contributed by atoms with van der Waals surface area (Å²) in [7, 11) is -3.96. The van der Waals surface area contributed by atoms with Gasteiger partial charge in [-0.15, -0.1) is 5.23 Å². The second-order valence-corrected chi connectivity index (χ2v) is 7.66.